The van der Waals surface area contributed by atoms with Crippen molar-refractivity contribution in [2.24, 2.45) is 0 Å². The molecule has 0 unspecified atom stereocenters. The molecule has 208 valence electrons. The SMILES string of the molecule is CCCCOC(=O)N(c1ccc(C#N)cc1)c1nc(/C=C/N(C)C)c([N+](=O)[O-])c(Oc2c(C)cc(Br)cc2C)n1. The van der Waals surface area contributed by atoms with Gasteiger partial charge in [0.15, 0.2) is 5.69 Å². The number of nitriles is 1. The molecule has 11 nitrogen and oxygen atoms in total. The fourth-order valence-electron chi connectivity index (χ4n) is 3.63. The molecule has 0 bridgehead atoms. The number of ether oxygens (including phenoxy) is 2. The van der Waals surface area contributed by atoms with E-state index in [1.54, 1.807) is 37.3 Å². The number of carbonyl (C=O) groups is 1. The third-order valence-electron chi connectivity index (χ3n) is 5.56. The summed E-state index contributed by atoms with van der Waals surface area (Å²) in [6.45, 7) is 5.73. The molecule has 0 saturated heterocycles. The van der Waals surface area contributed by atoms with Crippen molar-refractivity contribution in [2.45, 2.75) is 33.6 Å². The van der Waals surface area contributed by atoms with Crippen LogP contribution in [0.3, 0.4) is 0 Å². The first-order valence-corrected chi connectivity index (χ1v) is 13.2. The van der Waals surface area contributed by atoms with Gasteiger partial charge in [-0.25, -0.2) is 14.7 Å². The number of amides is 1. The van der Waals surface area contributed by atoms with Gasteiger partial charge in [-0.2, -0.15) is 10.2 Å². The minimum absolute atomic E-state index is 0.0777. The Labute approximate surface area is 240 Å². The number of unbranched alkanes of at least 4 members (excludes halogenated alkanes) is 1. The lowest BCUT2D eigenvalue weighted by atomic mass is 10.1. The molecule has 0 fully saturated rings. The van der Waals surface area contributed by atoms with E-state index in [1.165, 1.54) is 18.2 Å². The summed E-state index contributed by atoms with van der Waals surface area (Å²) in [4.78, 5) is 36.6. The van der Waals surface area contributed by atoms with Crippen LogP contribution in [0.2, 0.25) is 0 Å². The molecule has 0 aliphatic rings. The lowest BCUT2D eigenvalue weighted by Crippen LogP contribution is -2.29. The number of aromatic nitrogens is 2. The summed E-state index contributed by atoms with van der Waals surface area (Å²) in [7, 11) is 3.51. The molecule has 0 radical (unpaired) electrons. The van der Waals surface area contributed by atoms with Crippen molar-refractivity contribution in [3.05, 3.63) is 79.6 Å². The molecular formula is C28H29BrN6O5. The Morgan fingerprint density at radius 2 is 1.82 bits per heavy atom. The molecule has 0 N–H and O–H groups in total. The highest BCUT2D eigenvalue weighted by atomic mass is 79.9. The quantitative estimate of drug-likeness (QED) is 0.135. The summed E-state index contributed by atoms with van der Waals surface area (Å²) >= 11 is 3.44. The van der Waals surface area contributed by atoms with Gasteiger partial charge in [-0.15, -0.1) is 0 Å². The van der Waals surface area contributed by atoms with E-state index in [0.29, 0.717) is 23.4 Å². The van der Waals surface area contributed by atoms with Crippen molar-refractivity contribution in [2.75, 3.05) is 25.6 Å². The van der Waals surface area contributed by atoms with Crippen LogP contribution in [-0.2, 0) is 4.74 Å². The van der Waals surface area contributed by atoms with Crippen LogP contribution in [0, 0.1) is 35.3 Å². The molecule has 0 saturated carbocycles. The zero-order chi connectivity index (χ0) is 29.4. The van der Waals surface area contributed by atoms with Crippen molar-refractivity contribution in [1.82, 2.24) is 14.9 Å². The normalized spacial score (nSPS) is 10.7. The topological polar surface area (TPSA) is 135 Å². The maximum atomic E-state index is 13.3. The van der Waals surface area contributed by atoms with Gasteiger partial charge in [-0.05, 0) is 73.9 Å². The summed E-state index contributed by atoms with van der Waals surface area (Å²) in [6, 6.07) is 11.8. The van der Waals surface area contributed by atoms with E-state index in [-0.39, 0.29) is 24.1 Å². The van der Waals surface area contributed by atoms with Gasteiger partial charge in [-0.1, -0.05) is 29.3 Å². The monoisotopic (exact) mass is 608 g/mol. The fourth-order valence-corrected chi connectivity index (χ4v) is 4.32. The highest BCUT2D eigenvalue weighted by Gasteiger charge is 2.31. The van der Waals surface area contributed by atoms with Crippen LogP contribution in [0.4, 0.5) is 22.1 Å². The third kappa shape index (κ3) is 7.33. The Morgan fingerprint density at radius 1 is 1.18 bits per heavy atom. The number of anilines is 2. The highest BCUT2D eigenvalue weighted by molar-refractivity contribution is 9.10. The number of nitrogens with zero attached hydrogens (tertiary/aromatic N) is 6. The average molecular weight is 609 g/mol. The van der Waals surface area contributed by atoms with Gasteiger partial charge in [0.05, 0.1) is 28.9 Å². The second-order valence-corrected chi connectivity index (χ2v) is 9.95. The molecule has 12 heteroatoms. The number of carbonyl (C=O) groups excluding carboxylic acids is 1. The smallest absolute Gasteiger partial charge is 0.421 e. The van der Waals surface area contributed by atoms with Crippen LogP contribution >= 0.6 is 15.9 Å². The zero-order valence-corrected chi connectivity index (χ0v) is 24.4. The van der Waals surface area contributed by atoms with Gasteiger partial charge < -0.3 is 14.4 Å². The number of hydrogen-bond donors (Lipinski definition) is 0. The minimum Gasteiger partial charge on any atom is -0.449 e. The number of aryl methyl sites for hydroxylation is 2. The van der Waals surface area contributed by atoms with E-state index in [2.05, 4.69) is 25.9 Å². The van der Waals surface area contributed by atoms with Crippen LogP contribution in [0.25, 0.3) is 6.08 Å². The first-order valence-electron chi connectivity index (χ1n) is 12.4. The molecular weight excluding hydrogens is 580 g/mol. The van der Waals surface area contributed by atoms with Crippen molar-refractivity contribution in [1.29, 1.82) is 5.26 Å². The molecule has 0 aliphatic carbocycles. The first-order chi connectivity index (χ1) is 19.0. The number of halogens is 1. The van der Waals surface area contributed by atoms with Crippen LogP contribution in [0.5, 0.6) is 11.6 Å². The predicted molar refractivity (Wildman–Crippen MR) is 155 cm³/mol. The van der Waals surface area contributed by atoms with E-state index in [0.717, 1.165) is 26.9 Å². The lowest BCUT2D eigenvalue weighted by Gasteiger charge is -2.22. The van der Waals surface area contributed by atoms with Gasteiger partial charge in [0, 0.05) is 24.8 Å². The summed E-state index contributed by atoms with van der Waals surface area (Å²) in [5.41, 5.74) is 1.57. The Kier molecular flexibility index (Phi) is 10.2. The minimum atomic E-state index is -0.781. The molecule has 0 atom stereocenters. The maximum Gasteiger partial charge on any atom is 0.421 e. The van der Waals surface area contributed by atoms with Gasteiger partial charge in [0.2, 0.25) is 5.95 Å². The van der Waals surface area contributed by atoms with Crippen molar-refractivity contribution >= 4 is 45.4 Å². The van der Waals surface area contributed by atoms with Crippen LogP contribution < -0.4 is 9.64 Å². The van der Waals surface area contributed by atoms with Crippen LogP contribution in [0.15, 0.2) is 47.1 Å². The molecule has 40 heavy (non-hydrogen) atoms. The number of nitro groups is 1. The summed E-state index contributed by atoms with van der Waals surface area (Å²) in [5, 5.41) is 21.5. The largest absolute Gasteiger partial charge is 0.449 e. The second kappa shape index (κ2) is 13.5. The summed E-state index contributed by atoms with van der Waals surface area (Å²) < 4.78 is 12.4. The number of hydrogen-bond acceptors (Lipinski definition) is 9. The first kappa shape index (κ1) is 30.0. The van der Waals surface area contributed by atoms with Gasteiger partial charge in [0.25, 0.3) is 0 Å². The Balaban J connectivity index is 2.28. The van der Waals surface area contributed by atoms with Crippen LogP contribution in [0.1, 0.15) is 42.1 Å². The van der Waals surface area contributed by atoms with E-state index >= 15 is 0 Å². The molecule has 0 aliphatic heterocycles. The van der Waals surface area contributed by atoms with Crippen molar-refractivity contribution < 1.29 is 19.2 Å². The zero-order valence-electron chi connectivity index (χ0n) is 22.8. The van der Waals surface area contributed by atoms with E-state index < -0.39 is 16.7 Å². The van der Waals surface area contributed by atoms with Gasteiger partial charge in [-0.3, -0.25) is 10.1 Å². The van der Waals surface area contributed by atoms with Gasteiger partial charge >= 0.3 is 17.7 Å². The Morgan fingerprint density at radius 3 is 2.38 bits per heavy atom. The van der Waals surface area contributed by atoms with Gasteiger partial charge in [0.1, 0.15) is 5.75 Å². The standard InChI is InChI=1S/C28H29BrN6O5/c1-6-7-14-39-28(36)34(22-10-8-20(17-30)9-11-22)27-31-23(12-13-33(4)5)24(35(37)38)26(32-27)40-25-18(2)15-21(29)16-19(25)3/h8-13,15-16H,6-7,14H2,1-5H3/b13-12+. The number of rotatable bonds is 10. The fraction of sp³-hybridized carbons (Fsp3) is 0.286. The maximum absolute atomic E-state index is 13.3. The molecule has 2 aromatic carbocycles. The predicted octanol–water partition coefficient (Wildman–Crippen LogP) is 7.04. The lowest BCUT2D eigenvalue weighted by molar-refractivity contribution is -0.386. The van der Waals surface area contributed by atoms with Crippen molar-refractivity contribution in [3.63, 3.8) is 0 Å². The van der Waals surface area contributed by atoms with Crippen molar-refractivity contribution in [3.8, 4) is 17.7 Å². The Bertz CT molecular complexity index is 1440. The molecule has 3 aromatic rings. The van der Waals surface area contributed by atoms with E-state index in [1.807, 2.05) is 39.0 Å². The molecule has 1 amide bonds. The second-order valence-electron chi connectivity index (χ2n) is 9.03. The molecule has 0 spiro atoms. The molecule has 1 aromatic heterocycles. The van der Waals surface area contributed by atoms with Crippen LogP contribution in [-0.4, -0.2) is 46.6 Å². The summed E-state index contributed by atoms with van der Waals surface area (Å²) in [6.07, 6.45) is 3.70. The Hall–Kier alpha value is -4.50. The third-order valence-corrected chi connectivity index (χ3v) is 6.02. The molecule has 1 heterocycles. The summed E-state index contributed by atoms with van der Waals surface area (Å²) in [5.74, 6) is -0.159. The average Bonchev–Trinajstić information content (AvgIpc) is 2.89. The number of benzene rings is 2. The van der Waals surface area contributed by atoms with E-state index in [4.69, 9.17) is 9.47 Å². The molecule has 3 rings (SSSR count). The van der Waals surface area contributed by atoms with E-state index in [9.17, 15) is 20.2 Å². The highest BCUT2D eigenvalue weighted by Crippen LogP contribution is 2.39.